The van der Waals surface area contributed by atoms with Crippen molar-refractivity contribution < 1.29 is 14.3 Å². The summed E-state index contributed by atoms with van der Waals surface area (Å²) in [6.07, 6.45) is 5.90. The third-order valence-corrected chi connectivity index (χ3v) is 9.76. The molecule has 4 aliphatic rings. The number of nitrogens with one attached hydrogen (secondary N) is 1. The third kappa shape index (κ3) is 3.97. The molecular formula is C31H38N4O4. The second-order valence-electron chi connectivity index (χ2n) is 12.6. The van der Waals surface area contributed by atoms with Crippen LogP contribution in [0.3, 0.4) is 0 Å². The molecule has 2 fully saturated rings. The zero-order valence-electron chi connectivity index (χ0n) is 23.9. The van der Waals surface area contributed by atoms with Gasteiger partial charge in [-0.15, -0.1) is 0 Å². The maximum absolute atomic E-state index is 14.1. The number of ether oxygens (including phenoxy) is 2. The van der Waals surface area contributed by atoms with Crippen LogP contribution in [0.4, 0.5) is 0 Å². The van der Waals surface area contributed by atoms with Crippen molar-refractivity contribution in [2.75, 3.05) is 20.6 Å². The maximum atomic E-state index is 14.1. The molecule has 39 heavy (non-hydrogen) atoms. The summed E-state index contributed by atoms with van der Waals surface area (Å²) in [6, 6.07) is 4.91. The Morgan fingerprint density at radius 3 is 2.36 bits per heavy atom. The number of hydrogen-bond donors (Lipinski definition) is 1. The van der Waals surface area contributed by atoms with Crippen LogP contribution < -0.4 is 15.0 Å². The van der Waals surface area contributed by atoms with Gasteiger partial charge in [-0.25, -0.2) is 0 Å². The Hall–Kier alpha value is -3.31. The minimum Gasteiger partial charge on any atom is -0.448 e. The molecule has 0 radical (unpaired) electrons. The van der Waals surface area contributed by atoms with E-state index in [1.165, 1.54) is 0 Å². The van der Waals surface area contributed by atoms with Crippen LogP contribution in [0.2, 0.25) is 0 Å². The lowest BCUT2D eigenvalue weighted by Crippen LogP contribution is -2.46. The number of nitrogens with zero attached hydrogens (tertiary/aromatic N) is 3. The molecule has 8 nitrogen and oxygen atoms in total. The first-order chi connectivity index (χ1) is 18.5. The van der Waals surface area contributed by atoms with Crippen LogP contribution in [0.5, 0.6) is 11.5 Å². The molecule has 1 aromatic heterocycles. The van der Waals surface area contributed by atoms with Crippen molar-refractivity contribution >= 4 is 5.91 Å². The van der Waals surface area contributed by atoms with E-state index in [1.54, 1.807) is 4.90 Å². The fraction of sp³-hybridized carbons (Fsp3) is 0.581. The van der Waals surface area contributed by atoms with E-state index in [-0.39, 0.29) is 29.3 Å². The van der Waals surface area contributed by atoms with E-state index in [1.807, 2.05) is 33.8 Å². The first kappa shape index (κ1) is 25.9. The highest BCUT2D eigenvalue weighted by atomic mass is 16.7. The number of benzene rings is 1. The van der Waals surface area contributed by atoms with Crippen LogP contribution in [0.1, 0.15) is 89.3 Å². The van der Waals surface area contributed by atoms with Gasteiger partial charge in [0.2, 0.25) is 0 Å². The first-order valence-corrected chi connectivity index (χ1v) is 14.1. The number of pyridine rings is 1. The number of fused-ring (bicyclic) bond motifs is 3. The lowest BCUT2D eigenvalue weighted by atomic mass is 9.80. The van der Waals surface area contributed by atoms with Crippen molar-refractivity contribution in [3.05, 3.63) is 55.5 Å². The second kappa shape index (κ2) is 8.85. The minimum absolute atomic E-state index is 0.151. The number of carbonyl (C=O) groups excluding carboxylic acids is 1. The maximum Gasteiger partial charge on any atom is 0.254 e. The van der Waals surface area contributed by atoms with E-state index in [4.69, 9.17) is 9.47 Å². The predicted molar refractivity (Wildman–Crippen MR) is 147 cm³/mol. The van der Waals surface area contributed by atoms with Crippen molar-refractivity contribution in [1.82, 2.24) is 14.8 Å². The molecule has 2 aliphatic heterocycles. The average molecular weight is 531 g/mol. The van der Waals surface area contributed by atoms with Gasteiger partial charge in [0.05, 0.1) is 12.1 Å². The molecule has 2 aromatic rings. The van der Waals surface area contributed by atoms with E-state index >= 15 is 0 Å². The molecule has 1 N–H and O–H groups in total. The first-order valence-electron chi connectivity index (χ1n) is 14.1. The van der Waals surface area contributed by atoms with Gasteiger partial charge in [0.25, 0.3) is 17.3 Å². The van der Waals surface area contributed by atoms with E-state index < -0.39 is 5.79 Å². The van der Waals surface area contributed by atoms with E-state index in [0.717, 1.165) is 60.9 Å². The number of H-pyrrole nitrogens is 1. The third-order valence-electron chi connectivity index (χ3n) is 9.76. The van der Waals surface area contributed by atoms with Crippen LogP contribution in [0.15, 0.2) is 10.9 Å². The average Bonchev–Trinajstić information content (AvgIpc) is 3.56. The van der Waals surface area contributed by atoms with Gasteiger partial charge < -0.3 is 24.3 Å². The number of hydrogen-bond acceptors (Lipinski definition) is 6. The fourth-order valence-electron chi connectivity index (χ4n) is 7.29. The Balaban J connectivity index is 1.38. The van der Waals surface area contributed by atoms with E-state index in [0.29, 0.717) is 40.8 Å². The predicted octanol–water partition coefficient (Wildman–Crippen LogP) is 4.47. The second-order valence-corrected chi connectivity index (χ2v) is 12.6. The number of aromatic amines is 1. The highest BCUT2D eigenvalue weighted by Gasteiger charge is 2.56. The molecule has 6 rings (SSSR count). The number of carbonyl (C=O) groups is 1. The number of aromatic nitrogens is 1. The Bertz CT molecular complexity index is 1470. The minimum atomic E-state index is -0.869. The smallest absolute Gasteiger partial charge is 0.254 e. The summed E-state index contributed by atoms with van der Waals surface area (Å²) in [5.74, 6) is 0.207. The van der Waals surface area contributed by atoms with Gasteiger partial charge in [0, 0.05) is 47.7 Å². The normalized spacial score (nSPS) is 26.6. The molecule has 2 saturated carbocycles. The molecule has 0 saturated heterocycles. The standard InChI is InChI=1S/C31H38N4O4/c1-17-13-18(2)33-28(36)23(17)15-35-16-31(11-12-31)25-22(14-32)27-26(19(3)24(25)29(35)37)38-30(4,39-27)20-7-9-21(10-8-20)34(5)6/h13,20-21H,7-12,15-16H2,1-6H3,(H,33,36)/t20?,21?,30-/m0/s1. The van der Waals surface area contributed by atoms with Crippen molar-refractivity contribution in [3.63, 3.8) is 0 Å². The van der Waals surface area contributed by atoms with Gasteiger partial charge in [-0.2, -0.15) is 5.26 Å². The van der Waals surface area contributed by atoms with Crippen LogP contribution in [-0.4, -0.2) is 53.2 Å². The fourth-order valence-corrected chi connectivity index (χ4v) is 7.29. The molecule has 2 aliphatic carbocycles. The van der Waals surface area contributed by atoms with E-state index in [2.05, 4.69) is 30.0 Å². The summed E-state index contributed by atoms with van der Waals surface area (Å²) in [5, 5.41) is 10.4. The van der Waals surface area contributed by atoms with Crippen LogP contribution in [-0.2, 0) is 12.0 Å². The van der Waals surface area contributed by atoms with Crippen LogP contribution in [0.25, 0.3) is 0 Å². The SMILES string of the molecule is Cc1cc(C)c(CN2CC3(CC3)c3c(C#N)c4c(c(C)c3C2=O)O[C@](C)(C2CCC(N(C)C)CC2)O4)c(=O)[nH]1. The summed E-state index contributed by atoms with van der Waals surface area (Å²) in [5.41, 5.74) is 4.40. The molecule has 8 heteroatoms. The topological polar surface area (TPSA) is 98.7 Å². The van der Waals surface area contributed by atoms with Crippen LogP contribution >= 0.6 is 0 Å². The Kier molecular flexibility index (Phi) is 5.89. The zero-order chi connectivity index (χ0) is 27.9. The molecule has 1 amide bonds. The largest absolute Gasteiger partial charge is 0.448 e. The highest BCUT2D eigenvalue weighted by Crippen LogP contribution is 2.60. The summed E-state index contributed by atoms with van der Waals surface area (Å²) in [7, 11) is 4.25. The summed E-state index contributed by atoms with van der Waals surface area (Å²) < 4.78 is 13.2. The van der Waals surface area contributed by atoms with Crippen molar-refractivity contribution in [2.24, 2.45) is 5.92 Å². The number of rotatable bonds is 4. The molecule has 206 valence electrons. The Morgan fingerprint density at radius 1 is 1.10 bits per heavy atom. The highest BCUT2D eigenvalue weighted by molar-refractivity contribution is 6.01. The molecule has 3 heterocycles. The molecule has 0 unspecified atom stereocenters. The number of aryl methyl sites for hydroxylation is 2. The lowest BCUT2D eigenvalue weighted by molar-refractivity contribution is -0.123. The van der Waals surface area contributed by atoms with Gasteiger partial charge in [-0.3, -0.25) is 9.59 Å². The number of amides is 1. The quantitative estimate of drug-likeness (QED) is 0.627. The van der Waals surface area contributed by atoms with Gasteiger partial charge >= 0.3 is 0 Å². The van der Waals surface area contributed by atoms with Crippen LogP contribution in [0, 0.1) is 38.0 Å². The molecule has 1 spiro atoms. The molecular weight excluding hydrogens is 492 g/mol. The number of nitriles is 1. The summed E-state index contributed by atoms with van der Waals surface area (Å²) in [6.45, 7) is 8.40. The van der Waals surface area contributed by atoms with Crippen molar-refractivity contribution in [2.45, 2.75) is 90.0 Å². The van der Waals surface area contributed by atoms with Gasteiger partial charge in [-0.05, 0) is 90.6 Å². The summed E-state index contributed by atoms with van der Waals surface area (Å²) >= 11 is 0. The molecule has 1 aromatic carbocycles. The van der Waals surface area contributed by atoms with Gasteiger partial charge in [-0.1, -0.05) is 0 Å². The zero-order valence-corrected chi connectivity index (χ0v) is 23.9. The molecule has 0 bridgehead atoms. The Morgan fingerprint density at radius 2 is 1.77 bits per heavy atom. The lowest BCUT2D eigenvalue weighted by Gasteiger charge is -2.39. The van der Waals surface area contributed by atoms with Crippen molar-refractivity contribution in [3.8, 4) is 17.6 Å². The van der Waals surface area contributed by atoms with Crippen molar-refractivity contribution in [1.29, 1.82) is 5.26 Å². The van der Waals surface area contributed by atoms with Gasteiger partial charge in [0.1, 0.15) is 11.6 Å². The monoisotopic (exact) mass is 530 g/mol. The Labute approximate surface area is 229 Å². The summed E-state index contributed by atoms with van der Waals surface area (Å²) in [4.78, 5) is 33.8. The van der Waals surface area contributed by atoms with E-state index in [9.17, 15) is 14.9 Å². The van der Waals surface area contributed by atoms with Gasteiger partial charge in [0.15, 0.2) is 11.5 Å². The molecule has 1 atom stereocenters.